The van der Waals surface area contributed by atoms with Gasteiger partial charge in [-0.05, 0) is 67.8 Å². The third-order valence-corrected chi connectivity index (χ3v) is 4.87. The smallest absolute Gasteiger partial charge is 0.0568 e. The largest absolute Gasteiger partial charge is 0.381 e. The van der Waals surface area contributed by atoms with Gasteiger partial charge in [-0.15, -0.1) is 0 Å². The lowest BCUT2D eigenvalue weighted by molar-refractivity contribution is 1.15. The predicted octanol–water partition coefficient (Wildman–Crippen LogP) is 6.13. The molecule has 2 aromatic rings. The second-order valence-corrected chi connectivity index (χ2v) is 6.25. The number of rotatable bonds is 3. The van der Waals surface area contributed by atoms with E-state index in [1.807, 2.05) is 36.4 Å². The van der Waals surface area contributed by atoms with Gasteiger partial charge in [0.25, 0.3) is 0 Å². The number of anilines is 1. The van der Waals surface area contributed by atoms with E-state index in [-0.39, 0.29) is 0 Å². The first kappa shape index (κ1) is 14.2. The Bertz CT molecular complexity index is 521. The molecule has 1 nitrogen and oxygen atoms in total. The van der Waals surface area contributed by atoms with Gasteiger partial charge in [-0.3, -0.25) is 0 Å². The minimum absolute atomic E-state index is 0.689. The van der Waals surface area contributed by atoms with Crippen LogP contribution in [0, 0.1) is 0 Å². The number of halogens is 4. The minimum atomic E-state index is 0.689. The molecular formula is C13H9Br2Cl2N. The van der Waals surface area contributed by atoms with Crippen molar-refractivity contribution in [1.29, 1.82) is 0 Å². The quantitative estimate of drug-likeness (QED) is 0.642. The van der Waals surface area contributed by atoms with E-state index < -0.39 is 0 Å². The molecule has 0 fully saturated rings. The average Bonchev–Trinajstić information content (AvgIpc) is 2.35. The fraction of sp³-hybridized carbons (Fsp3) is 0.0769. The third-order valence-electron chi connectivity index (χ3n) is 2.40. The minimum Gasteiger partial charge on any atom is -0.381 e. The Morgan fingerprint density at radius 1 is 0.889 bits per heavy atom. The summed E-state index contributed by atoms with van der Waals surface area (Å²) in [5.74, 6) is 0. The molecule has 18 heavy (non-hydrogen) atoms. The summed E-state index contributed by atoms with van der Waals surface area (Å²) >= 11 is 18.8. The zero-order valence-corrected chi connectivity index (χ0v) is 13.9. The van der Waals surface area contributed by atoms with Gasteiger partial charge < -0.3 is 5.32 Å². The van der Waals surface area contributed by atoms with Gasteiger partial charge in [0, 0.05) is 21.2 Å². The van der Waals surface area contributed by atoms with E-state index in [9.17, 15) is 0 Å². The maximum atomic E-state index is 6.04. The predicted molar refractivity (Wildman–Crippen MR) is 85.6 cm³/mol. The van der Waals surface area contributed by atoms with Crippen molar-refractivity contribution in [2.24, 2.45) is 0 Å². The molecule has 0 unspecified atom stereocenters. The zero-order chi connectivity index (χ0) is 13.1. The Morgan fingerprint density at radius 3 is 2.11 bits per heavy atom. The van der Waals surface area contributed by atoms with Crippen LogP contribution >= 0.6 is 55.1 Å². The van der Waals surface area contributed by atoms with Crippen molar-refractivity contribution in [3.8, 4) is 0 Å². The van der Waals surface area contributed by atoms with Crippen LogP contribution in [-0.2, 0) is 6.54 Å². The van der Waals surface area contributed by atoms with Gasteiger partial charge >= 0.3 is 0 Å². The van der Waals surface area contributed by atoms with Gasteiger partial charge in [-0.25, -0.2) is 0 Å². The molecule has 2 rings (SSSR count). The second-order valence-electron chi connectivity index (χ2n) is 3.73. The van der Waals surface area contributed by atoms with Crippen LogP contribution < -0.4 is 5.32 Å². The van der Waals surface area contributed by atoms with E-state index in [0.29, 0.717) is 16.6 Å². The Kier molecular flexibility index (Phi) is 4.96. The first-order valence-corrected chi connectivity index (χ1v) is 7.53. The first-order valence-electron chi connectivity index (χ1n) is 5.19. The van der Waals surface area contributed by atoms with Crippen molar-refractivity contribution >= 4 is 60.7 Å². The van der Waals surface area contributed by atoms with E-state index in [1.165, 1.54) is 0 Å². The lowest BCUT2D eigenvalue weighted by Gasteiger charge is -2.08. The summed E-state index contributed by atoms with van der Waals surface area (Å²) in [6.07, 6.45) is 0. The highest BCUT2D eigenvalue weighted by Gasteiger charge is 2.01. The van der Waals surface area contributed by atoms with Gasteiger partial charge in [-0.2, -0.15) is 0 Å². The summed E-state index contributed by atoms with van der Waals surface area (Å²) in [6, 6.07) is 11.7. The van der Waals surface area contributed by atoms with Gasteiger partial charge in [0.15, 0.2) is 0 Å². The number of benzene rings is 2. The average molecular weight is 410 g/mol. The fourth-order valence-corrected chi connectivity index (χ4v) is 2.34. The molecule has 0 saturated carbocycles. The lowest BCUT2D eigenvalue weighted by Crippen LogP contribution is -1.99. The van der Waals surface area contributed by atoms with Crippen molar-refractivity contribution in [2.75, 3.05) is 5.32 Å². The molecule has 0 aliphatic carbocycles. The lowest BCUT2D eigenvalue weighted by atomic mass is 10.2. The highest BCUT2D eigenvalue weighted by atomic mass is 79.9. The van der Waals surface area contributed by atoms with Crippen LogP contribution in [0.2, 0.25) is 10.0 Å². The first-order chi connectivity index (χ1) is 8.56. The molecule has 0 saturated heterocycles. The Morgan fingerprint density at radius 2 is 1.50 bits per heavy atom. The molecule has 1 N–H and O–H groups in total. The Hall–Kier alpha value is -0.220. The van der Waals surface area contributed by atoms with Crippen LogP contribution in [0.5, 0.6) is 0 Å². The van der Waals surface area contributed by atoms with E-state index >= 15 is 0 Å². The van der Waals surface area contributed by atoms with E-state index in [2.05, 4.69) is 37.2 Å². The molecule has 0 aliphatic heterocycles. The van der Waals surface area contributed by atoms with Crippen LogP contribution in [0.3, 0.4) is 0 Å². The van der Waals surface area contributed by atoms with E-state index in [1.54, 1.807) is 0 Å². The van der Waals surface area contributed by atoms with Crippen LogP contribution in [0.1, 0.15) is 5.56 Å². The van der Waals surface area contributed by atoms with Crippen molar-refractivity contribution in [3.63, 3.8) is 0 Å². The molecule has 0 aromatic heterocycles. The van der Waals surface area contributed by atoms with Crippen molar-refractivity contribution in [3.05, 3.63) is 61.0 Å². The molecular weight excluding hydrogens is 401 g/mol. The molecule has 0 aliphatic rings. The summed E-state index contributed by atoms with van der Waals surface area (Å²) in [5, 5.41) is 4.70. The highest BCUT2D eigenvalue weighted by Crippen LogP contribution is 2.26. The number of hydrogen-bond donors (Lipinski definition) is 1. The summed E-state index contributed by atoms with van der Waals surface area (Å²) in [4.78, 5) is 0. The van der Waals surface area contributed by atoms with Crippen molar-refractivity contribution < 1.29 is 0 Å². The highest BCUT2D eigenvalue weighted by molar-refractivity contribution is 9.10. The fourth-order valence-electron chi connectivity index (χ4n) is 1.46. The maximum absolute atomic E-state index is 6.04. The molecule has 2 aromatic carbocycles. The van der Waals surface area contributed by atoms with Crippen LogP contribution in [0.25, 0.3) is 0 Å². The zero-order valence-electron chi connectivity index (χ0n) is 9.18. The van der Waals surface area contributed by atoms with Gasteiger partial charge in [0.05, 0.1) is 10.0 Å². The van der Waals surface area contributed by atoms with Crippen LogP contribution in [-0.4, -0.2) is 0 Å². The molecule has 0 bridgehead atoms. The van der Waals surface area contributed by atoms with Crippen molar-refractivity contribution in [2.45, 2.75) is 6.54 Å². The topological polar surface area (TPSA) is 12.0 Å². The molecule has 0 amide bonds. The molecule has 0 atom stereocenters. The Labute approximate surface area is 133 Å². The van der Waals surface area contributed by atoms with Gasteiger partial charge in [-0.1, -0.05) is 29.3 Å². The molecule has 0 radical (unpaired) electrons. The SMILES string of the molecule is Clc1cc(CNc2ccc(Br)c(Cl)c2)ccc1Br. The monoisotopic (exact) mass is 407 g/mol. The van der Waals surface area contributed by atoms with Crippen LogP contribution in [0.15, 0.2) is 45.3 Å². The summed E-state index contributed by atoms with van der Waals surface area (Å²) < 4.78 is 1.79. The number of hydrogen-bond acceptors (Lipinski definition) is 1. The summed E-state index contributed by atoms with van der Waals surface area (Å²) in [5.41, 5.74) is 2.09. The van der Waals surface area contributed by atoms with E-state index in [4.69, 9.17) is 23.2 Å². The summed E-state index contributed by atoms with van der Waals surface area (Å²) in [7, 11) is 0. The standard InChI is InChI=1S/C13H9Br2Cl2N/c14-10-3-1-8(5-12(10)16)7-18-9-2-4-11(15)13(17)6-9/h1-6,18H,7H2. The summed E-state index contributed by atoms with van der Waals surface area (Å²) in [6.45, 7) is 0.699. The van der Waals surface area contributed by atoms with Gasteiger partial charge in [0.1, 0.15) is 0 Å². The normalized spacial score (nSPS) is 10.4. The van der Waals surface area contributed by atoms with Crippen LogP contribution in [0.4, 0.5) is 5.69 Å². The second kappa shape index (κ2) is 6.29. The Balaban J connectivity index is 2.06. The number of nitrogens with one attached hydrogen (secondary N) is 1. The van der Waals surface area contributed by atoms with E-state index in [0.717, 1.165) is 20.2 Å². The molecule has 0 heterocycles. The third kappa shape index (κ3) is 3.64. The molecule has 5 heteroatoms. The molecule has 94 valence electrons. The molecule has 0 spiro atoms. The maximum Gasteiger partial charge on any atom is 0.0568 e. The van der Waals surface area contributed by atoms with Crippen molar-refractivity contribution in [1.82, 2.24) is 0 Å². The van der Waals surface area contributed by atoms with Gasteiger partial charge in [0.2, 0.25) is 0 Å².